The lowest BCUT2D eigenvalue weighted by atomic mass is 10.3. The normalized spacial score (nSPS) is 11.4. The van der Waals surface area contributed by atoms with Crippen molar-refractivity contribution in [2.75, 3.05) is 0 Å². The average Bonchev–Trinajstić information content (AvgIpc) is 1.95. The first-order valence-corrected chi connectivity index (χ1v) is 4.63. The zero-order chi connectivity index (χ0) is 10.9. The number of hydrogen-bond acceptors (Lipinski definition) is 3. The van der Waals surface area contributed by atoms with E-state index in [0.717, 1.165) is 0 Å². The van der Waals surface area contributed by atoms with Gasteiger partial charge in [-0.05, 0) is 0 Å². The molecule has 8 heteroatoms. The Bertz CT molecular complexity index is 436. The molecule has 1 aromatic carbocycles. The van der Waals surface area contributed by atoms with Crippen molar-refractivity contribution in [2.24, 2.45) is 5.14 Å². The molecular formula is C6H4F3NO3S. The first kappa shape index (κ1) is 10.8. The smallest absolute Gasteiger partial charge is 0.365 e. The van der Waals surface area contributed by atoms with Gasteiger partial charge in [0.1, 0.15) is 5.82 Å². The summed E-state index contributed by atoms with van der Waals surface area (Å²) in [5.74, 6) is -5.43. The van der Waals surface area contributed by atoms with Crippen LogP contribution in [0.3, 0.4) is 0 Å². The first-order valence-electron chi connectivity index (χ1n) is 3.16. The molecule has 0 unspecified atom stereocenters. The Morgan fingerprint density at radius 3 is 1.93 bits per heavy atom. The van der Waals surface area contributed by atoms with Crippen molar-refractivity contribution in [1.29, 1.82) is 0 Å². The summed E-state index contributed by atoms with van der Waals surface area (Å²) in [6, 6.07) is 0.535. The molecule has 0 amide bonds. The summed E-state index contributed by atoms with van der Waals surface area (Å²) in [5.41, 5.74) is 0. The van der Waals surface area contributed by atoms with Crippen LogP contribution in [-0.4, -0.2) is 8.42 Å². The summed E-state index contributed by atoms with van der Waals surface area (Å²) in [4.78, 5) is 0. The van der Waals surface area contributed by atoms with E-state index in [1.807, 2.05) is 0 Å². The Labute approximate surface area is 77.4 Å². The number of halogens is 3. The van der Waals surface area contributed by atoms with Crippen LogP contribution in [0.15, 0.2) is 12.1 Å². The highest BCUT2D eigenvalue weighted by Gasteiger charge is 2.17. The molecule has 4 nitrogen and oxygen atoms in total. The Morgan fingerprint density at radius 2 is 1.57 bits per heavy atom. The van der Waals surface area contributed by atoms with Gasteiger partial charge in [0.25, 0.3) is 0 Å². The summed E-state index contributed by atoms with van der Waals surface area (Å²) in [6.45, 7) is 0. The van der Waals surface area contributed by atoms with Crippen molar-refractivity contribution in [3.63, 3.8) is 0 Å². The van der Waals surface area contributed by atoms with Crippen LogP contribution >= 0.6 is 0 Å². The van der Waals surface area contributed by atoms with Gasteiger partial charge in [0.15, 0.2) is 11.6 Å². The summed E-state index contributed by atoms with van der Waals surface area (Å²) < 4.78 is 62.1. The molecule has 0 bridgehead atoms. The van der Waals surface area contributed by atoms with E-state index in [1.165, 1.54) is 0 Å². The molecule has 0 fully saturated rings. The third kappa shape index (κ3) is 2.60. The Kier molecular flexibility index (Phi) is 2.67. The van der Waals surface area contributed by atoms with Gasteiger partial charge in [-0.25, -0.2) is 13.2 Å². The highest BCUT2D eigenvalue weighted by atomic mass is 32.2. The second-order valence-corrected chi connectivity index (χ2v) is 3.43. The topological polar surface area (TPSA) is 69.4 Å². The predicted molar refractivity (Wildman–Crippen MR) is 40.1 cm³/mol. The van der Waals surface area contributed by atoms with Gasteiger partial charge < -0.3 is 4.18 Å². The molecule has 0 spiro atoms. The van der Waals surface area contributed by atoms with E-state index in [4.69, 9.17) is 0 Å². The second-order valence-electron chi connectivity index (χ2n) is 2.27. The molecule has 0 aromatic heterocycles. The molecule has 1 rings (SSSR count). The van der Waals surface area contributed by atoms with E-state index in [1.54, 1.807) is 0 Å². The van der Waals surface area contributed by atoms with E-state index in [9.17, 15) is 21.6 Å². The van der Waals surface area contributed by atoms with E-state index in [-0.39, 0.29) is 12.1 Å². The minimum atomic E-state index is -4.54. The van der Waals surface area contributed by atoms with Crippen molar-refractivity contribution in [3.8, 4) is 5.75 Å². The minimum absolute atomic E-state index is 0.267. The first-order chi connectivity index (χ1) is 6.29. The molecule has 0 aliphatic heterocycles. The average molecular weight is 227 g/mol. The standard InChI is InChI=1S/C6H4F3NO3S/c7-3-1-4(8)6(5(9)2-3)13-14(10,11)12/h1-2H,(H2,10,11,12). The van der Waals surface area contributed by atoms with Gasteiger partial charge in [-0.1, -0.05) is 0 Å². The zero-order valence-electron chi connectivity index (χ0n) is 6.50. The predicted octanol–water partition coefficient (Wildman–Crippen LogP) is 0.686. The van der Waals surface area contributed by atoms with Crippen LogP contribution < -0.4 is 9.32 Å². The summed E-state index contributed by atoms with van der Waals surface area (Å²) in [7, 11) is -4.54. The van der Waals surface area contributed by atoms with Crippen LogP contribution in [0.2, 0.25) is 0 Å². The molecular weight excluding hydrogens is 223 g/mol. The van der Waals surface area contributed by atoms with Crippen LogP contribution in [-0.2, 0) is 10.3 Å². The van der Waals surface area contributed by atoms with E-state index in [2.05, 4.69) is 9.32 Å². The Morgan fingerprint density at radius 1 is 1.14 bits per heavy atom. The van der Waals surface area contributed by atoms with Gasteiger partial charge in [-0.3, -0.25) is 0 Å². The minimum Gasteiger partial charge on any atom is -0.365 e. The van der Waals surface area contributed by atoms with Crippen LogP contribution in [0.25, 0.3) is 0 Å². The van der Waals surface area contributed by atoms with E-state index < -0.39 is 33.5 Å². The van der Waals surface area contributed by atoms with Crippen LogP contribution in [0.1, 0.15) is 0 Å². The molecule has 14 heavy (non-hydrogen) atoms. The maximum Gasteiger partial charge on any atom is 0.380 e. The fourth-order valence-corrected chi connectivity index (χ4v) is 1.12. The van der Waals surface area contributed by atoms with Crippen molar-refractivity contribution in [1.82, 2.24) is 0 Å². The molecule has 2 N–H and O–H groups in total. The molecule has 0 atom stereocenters. The quantitative estimate of drug-likeness (QED) is 0.807. The molecule has 0 aliphatic rings. The third-order valence-corrected chi connectivity index (χ3v) is 1.56. The number of nitrogens with two attached hydrogens (primary N) is 1. The summed E-state index contributed by atoms with van der Waals surface area (Å²) in [5, 5.41) is 4.37. The summed E-state index contributed by atoms with van der Waals surface area (Å²) in [6.07, 6.45) is 0. The maximum atomic E-state index is 12.7. The fraction of sp³-hybridized carbons (Fsp3) is 0. The van der Waals surface area contributed by atoms with Crippen molar-refractivity contribution in [2.45, 2.75) is 0 Å². The lowest BCUT2D eigenvalue weighted by Gasteiger charge is -2.04. The van der Waals surface area contributed by atoms with Gasteiger partial charge in [-0.2, -0.15) is 13.6 Å². The largest absolute Gasteiger partial charge is 0.380 e. The monoisotopic (exact) mass is 227 g/mol. The maximum absolute atomic E-state index is 12.7. The Balaban J connectivity index is 3.22. The van der Waals surface area contributed by atoms with Gasteiger partial charge in [0.2, 0.25) is 5.75 Å². The van der Waals surface area contributed by atoms with Crippen LogP contribution in [0, 0.1) is 17.5 Å². The molecule has 0 saturated heterocycles. The van der Waals surface area contributed by atoms with Crippen molar-refractivity contribution >= 4 is 10.3 Å². The SMILES string of the molecule is NS(=O)(=O)Oc1c(F)cc(F)cc1F. The van der Waals surface area contributed by atoms with Gasteiger partial charge in [0, 0.05) is 12.1 Å². The third-order valence-electron chi connectivity index (χ3n) is 1.16. The van der Waals surface area contributed by atoms with E-state index in [0.29, 0.717) is 0 Å². The van der Waals surface area contributed by atoms with E-state index >= 15 is 0 Å². The fourth-order valence-electron chi connectivity index (χ4n) is 0.725. The summed E-state index contributed by atoms with van der Waals surface area (Å²) >= 11 is 0. The van der Waals surface area contributed by atoms with Crippen LogP contribution in [0.5, 0.6) is 5.75 Å². The van der Waals surface area contributed by atoms with Gasteiger partial charge in [0.05, 0.1) is 0 Å². The molecule has 0 radical (unpaired) electrons. The van der Waals surface area contributed by atoms with Crippen LogP contribution in [0.4, 0.5) is 13.2 Å². The second kappa shape index (κ2) is 3.46. The molecule has 0 heterocycles. The van der Waals surface area contributed by atoms with Gasteiger partial charge >= 0.3 is 10.3 Å². The zero-order valence-corrected chi connectivity index (χ0v) is 7.32. The lowest BCUT2D eigenvalue weighted by molar-refractivity contribution is 0.428. The molecule has 1 aromatic rings. The number of benzene rings is 1. The highest BCUT2D eigenvalue weighted by molar-refractivity contribution is 7.84. The molecule has 0 saturated carbocycles. The lowest BCUT2D eigenvalue weighted by Crippen LogP contribution is -2.20. The Hall–Kier alpha value is -1.28. The molecule has 0 aliphatic carbocycles. The molecule has 78 valence electrons. The number of hydrogen-bond donors (Lipinski definition) is 1. The van der Waals surface area contributed by atoms with Crippen molar-refractivity contribution < 1.29 is 25.8 Å². The van der Waals surface area contributed by atoms with Crippen molar-refractivity contribution in [3.05, 3.63) is 29.6 Å². The highest BCUT2D eigenvalue weighted by Crippen LogP contribution is 2.23. The number of rotatable bonds is 2. The van der Waals surface area contributed by atoms with Gasteiger partial charge in [-0.15, -0.1) is 0 Å².